The van der Waals surface area contributed by atoms with Gasteiger partial charge in [0.15, 0.2) is 0 Å². The van der Waals surface area contributed by atoms with Crippen molar-refractivity contribution in [2.45, 2.75) is 0 Å². The molecular weight excluding hydrogens is 438 g/mol. The number of carbonyl (C=O) groups excluding carboxylic acids is 3. The van der Waals surface area contributed by atoms with Crippen LogP contribution in [0.1, 0.15) is 0 Å². The third kappa shape index (κ3) is 4.01. The van der Waals surface area contributed by atoms with Gasteiger partial charge >= 0.3 is 0 Å². The van der Waals surface area contributed by atoms with Crippen LogP contribution in [0.25, 0.3) is 0 Å². The first-order chi connectivity index (χ1) is 8.53. The van der Waals surface area contributed by atoms with Gasteiger partial charge in [-0.3, -0.25) is 24.4 Å². The van der Waals surface area contributed by atoms with E-state index in [-0.39, 0.29) is 52.6 Å². The van der Waals surface area contributed by atoms with Gasteiger partial charge in [-0.1, -0.05) is 47.8 Å². The Morgan fingerprint density at radius 3 is 1.72 bits per heavy atom. The third-order valence-electron chi connectivity index (χ3n) is 2.47. The van der Waals surface area contributed by atoms with Crippen molar-refractivity contribution in [1.82, 2.24) is 15.6 Å². The van der Waals surface area contributed by atoms with Crippen LogP contribution in [0.3, 0.4) is 0 Å². The summed E-state index contributed by atoms with van der Waals surface area (Å²) < 4.78 is 0. The van der Waals surface area contributed by atoms with E-state index in [1.54, 1.807) is 0 Å². The molecule has 0 atom stereocenters. The van der Waals surface area contributed by atoms with Crippen LogP contribution in [-0.2, 0) is 14.4 Å². The highest BCUT2D eigenvalue weighted by Gasteiger charge is 2.33. The number of halogens is 3. The highest BCUT2D eigenvalue weighted by Crippen LogP contribution is 2.12. The van der Waals surface area contributed by atoms with Gasteiger partial charge in [0.1, 0.15) is 5.78 Å². The van der Waals surface area contributed by atoms with E-state index in [4.69, 9.17) is 0 Å². The van der Waals surface area contributed by atoms with Gasteiger partial charge in [0, 0.05) is 0 Å². The Hall–Kier alpha value is 0.01000. The topological polar surface area (TPSA) is 69.7 Å². The normalized spacial score (nSPS) is 16.8. The lowest BCUT2D eigenvalue weighted by Crippen LogP contribution is -2.63. The van der Waals surface area contributed by atoms with Crippen molar-refractivity contribution < 1.29 is 14.4 Å². The summed E-state index contributed by atoms with van der Waals surface area (Å²) in [5.41, 5.74) is 2.70. The summed E-state index contributed by atoms with van der Waals surface area (Å²) in [7, 11) is 0. The van der Waals surface area contributed by atoms with Crippen molar-refractivity contribution in [2.24, 2.45) is 5.92 Å². The Labute approximate surface area is 130 Å². The molecule has 0 radical (unpaired) electrons. The second kappa shape index (κ2) is 7.56. The van der Waals surface area contributed by atoms with E-state index in [9.17, 15) is 14.4 Å². The van der Waals surface area contributed by atoms with Gasteiger partial charge in [-0.25, -0.2) is 0 Å². The Morgan fingerprint density at radius 2 is 1.39 bits per heavy atom. The highest BCUT2D eigenvalue weighted by molar-refractivity contribution is 9.09. The van der Waals surface area contributed by atoms with Crippen LogP contribution in [0, 0.1) is 5.92 Å². The third-order valence-corrected chi connectivity index (χ3v) is 3.98. The Morgan fingerprint density at radius 1 is 0.944 bits per heavy atom. The molecule has 1 aliphatic rings. The molecule has 0 aromatic carbocycles. The number of nitrogens with zero attached hydrogens (tertiary/aromatic N) is 2. The van der Waals surface area contributed by atoms with Crippen molar-refractivity contribution in [3.8, 4) is 0 Å². The van der Waals surface area contributed by atoms with Crippen LogP contribution in [0.4, 0.5) is 0 Å². The van der Waals surface area contributed by atoms with E-state index in [1.807, 2.05) is 0 Å². The first kappa shape index (κ1) is 16.1. The molecule has 2 amide bonds. The fourth-order valence-corrected chi connectivity index (χ4v) is 2.56. The molecule has 0 saturated carbocycles. The molecule has 0 bridgehead atoms. The molecule has 1 heterocycles. The maximum atomic E-state index is 11.7. The van der Waals surface area contributed by atoms with Gasteiger partial charge < -0.3 is 0 Å². The van der Waals surface area contributed by atoms with E-state index in [0.29, 0.717) is 0 Å². The molecule has 102 valence electrons. The Bertz CT molecular complexity index is 295. The van der Waals surface area contributed by atoms with Gasteiger partial charge in [-0.05, 0) is 0 Å². The molecule has 1 N–H and O–H groups in total. The zero-order valence-electron chi connectivity index (χ0n) is 9.37. The van der Waals surface area contributed by atoms with Gasteiger partial charge in [-0.2, -0.15) is 0 Å². The van der Waals surface area contributed by atoms with Gasteiger partial charge in [0.05, 0.1) is 35.0 Å². The molecule has 1 saturated heterocycles. The summed E-state index contributed by atoms with van der Waals surface area (Å²) in [5.74, 6) is -0.864. The Kier molecular flexibility index (Phi) is 6.75. The van der Waals surface area contributed by atoms with Crippen LogP contribution in [0.2, 0.25) is 0 Å². The number of alkyl halides is 3. The summed E-state index contributed by atoms with van der Waals surface area (Å²) in [5, 5.41) is 3.04. The van der Waals surface area contributed by atoms with Crippen molar-refractivity contribution in [2.75, 3.05) is 29.1 Å². The smallest absolute Gasteiger partial charge is 0.248 e. The lowest BCUT2D eigenvalue weighted by atomic mass is 10.0. The van der Waals surface area contributed by atoms with Crippen LogP contribution in [0.15, 0.2) is 0 Å². The van der Waals surface area contributed by atoms with Gasteiger partial charge in [0.25, 0.3) is 0 Å². The van der Waals surface area contributed by atoms with Crippen molar-refractivity contribution in [3.05, 3.63) is 0 Å². The zero-order chi connectivity index (χ0) is 13.7. The molecule has 1 fully saturated rings. The van der Waals surface area contributed by atoms with Crippen LogP contribution in [0.5, 0.6) is 0 Å². The average molecular weight is 450 g/mol. The number of hydrogen-bond acceptors (Lipinski definition) is 4. The number of ketones is 1. The minimum absolute atomic E-state index is 0.0313. The average Bonchev–Trinajstić information content (AvgIpc) is 2.43. The van der Waals surface area contributed by atoms with E-state index in [1.165, 1.54) is 10.0 Å². The van der Waals surface area contributed by atoms with Crippen molar-refractivity contribution in [3.63, 3.8) is 0 Å². The molecule has 0 unspecified atom stereocenters. The molecule has 1 rings (SSSR count). The quantitative estimate of drug-likeness (QED) is 0.633. The second-order valence-corrected chi connectivity index (χ2v) is 5.36. The highest BCUT2D eigenvalue weighted by atomic mass is 79.9. The SMILES string of the molecule is O=C(CBr)C1CN(C(=O)CBr)NN(C(=O)CBr)C1. The number of hydrogen-bond donors (Lipinski definition) is 1. The van der Waals surface area contributed by atoms with Gasteiger partial charge in [0.2, 0.25) is 11.8 Å². The van der Waals surface area contributed by atoms with Crippen LogP contribution in [-0.4, -0.2) is 56.7 Å². The van der Waals surface area contributed by atoms with Crippen molar-refractivity contribution in [1.29, 1.82) is 0 Å². The molecule has 0 spiro atoms. The number of carbonyl (C=O) groups is 3. The lowest BCUT2D eigenvalue weighted by molar-refractivity contribution is -0.156. The summed E-state index contributed by atoms with van der Waals surface area (Å²) >= 11 is 9.22. The number of hydrazine groups is 2. The summed E-state index contributed by atoms with van der Waals surface area (Å²) in [4.78, 5) is 35.0. The standard InChI is InChI=1S/C9H12Br3N3O3/c10-1-7(16)6-4-14(8(17)2-11)13-15(5-6)9(18)3-12/h6,13H,1-5H2. The predicted octanol–water partition coefficient (Wildman–Crippen LogP) is 0.447. The monoisotopic (exact) mass is 447 g/mol. The molecule has 0 aromatic rings. The molecule has 0 aliphatic carbocycles. The molecule has 18 heavy (non-hydrogen) atoms. The van der Waals surface area contributed by atoms with Gasteiger partial charge in [-0.15, -0.1) is 5.53 Å². The van der Waals surface area contributed by atoms with E-state index in [0.717, 1.165) is 0 Å². The van der Waals surface area contributed by atoms with E-state index < -0.39 is 0 Å². The minimum atomic E-state index is -0.378. The van der Waals surface area contributed by atoms with Crippen molar-refractivity contribution >= 4 is 65.4 Å². The number of Topliss-reactive ketones (excluding diaryl/α,β-unsaturated/α-hetero) is 1. The predicted molar refractivity (Wildman–Crippen MR) is 76.4 cm³/mol. The largest absolute Gasteiger partial charge is 0.298 e. The minimum Gasteiger partial charge on any atom is -0.298 e. The number of rotatable bonds is 4. The summed E-state index contributed by atoms with van der Waals surface area (Å²) in [6, 6.07) is 0. The summed E-state index contributed by atoms with van der Waals surface area (Å²) in [6.45, 7) is 0.530. The maximum absolute atomic E-state index is 11.7. The summed E-state index contributed by atoms with van der Waals surface area (Å²) in [6.07, 6.45) is 0. The second-order valence-electron chi connectivity index (χ2n) is 3.67. The number of amides is 2. The molecule has 9 heteroatoms. The first-order valence-corrected chi connectivity index (χ1v) is 8.47. The van der Waals surface area contributed by atoms with E-state index in [2.05, 4.69) is 53.3 Å². The molecule has 1 aliphatic heterocycles. The Balaban J connectivity index is 2.81. The first-order valence-electron chi connectivity index (χ1n) is 5.11. The fourth-order valence-electron chi connectivity index (χ4n) is 1.50. The fraction of sp³-hybridized carbons (Fsp3) is 0.667. The maximum Gasteiger partial charge on any atom is 0.248 e. The zero-order valence-corrected chi connectivity index (χ0v) is 14.1. The van der Waals surface area contributed by atoms with Crippen LogP contribution >= 0.6 is 47.8 Å². The van der Waals surface area contributed by atoms with Crippen LogP contribution < -0.4 is 5.53 Å². The molecular formula is C9H12Br3N3O3. The molecule has 6 nitrogen and oxygen atoms in total. The number of nitrogens with one attached hydrogen (secondary N) is 1. The lowest BCUT2D eigenvalue weighted by Gasteiger charge is -2.39. The van der Waals surface area contributed by atoms with E-state index >= 15 is 0 Å². The molecule has 0 aromatic heterocycles.